The lowest BCUT2D eigenvalue weighted by atomic mass is 10.0. The first-order valence-electron chi connectivity index (χ1n) is 4.94. The number of likely N-dealkylation sites (N-methyl/N-ethyl adjacent to an activating group) is 1. The second kappa shape index (κ2) is 4.20. The van der Waals surface area contributed by atoms with Crippen LogP contribution < -0.4 is 10.1 Å². The molecular weight excluding hydrogens is 198 g/mol. The van der Waals surface area contributed by atoms with Crippen LogP contribution in [0.5, 0.6) is 5.75 Å². The maximum atomic E-state index is 5.93. The van der Waals surface area contributed by atoms with E-state index in [-0.39, 0.29) is 0 Å². The van der Waals surface area contributed by atoms with Crippen LogP contribution in [-0.4, -0.2) is 19.2 Å². The van der Waals surface area contributed by atoms with Crippen molar-refractivity contribution in [3.05, 3.63) is 28.8 Å². The van der Waals surface area contributed by atoms with Gasteiger partial charge in [0.2, 0.25) is 0 Å². The number of nitrogens with one attached hydrogen (secondary N) is 1. The van der Waals surface area contributed by atoms with Gasteiger partial charge in [0.25, 0.3) is 0 Å². The fraction of sp³-hybridized carbons (Fsp3) is 0.455. The van der Waals surface area contributed by atoms with E-state index < -0.39 is 0 Å². The van der Waals surface area contributed by atoms with E-state index in [0.29, 0.717) is 6.04 Å². The molecule has 1 aliphatic rings. The zero-order chi connectivity index (χ0) is 9.97. The standard InChI is InChI=1S/C11H14ClNO/c1-2-13-10-6-8-5-9(12)3-4-11(8)14-7-10/h3-5,10,13H,2,6-7H2,1H3. The fourth-order valence-electron chi connectivity index (χ4n) is 1.78. The Bertz CT molecular complexity index is 327. The lowest BCUT2D eigenvalue weighted by molar-refractivity contribution is 0.241. The second-order valence-electron chi connectivity index (χ2n) is 3.52. The molecule has 1 N–H and O–H groups in total. The lowest BCUT2D eigenvalue weighted by Crippen LogP contribution is -2.39. The fourth-order valence-corrected chi connectivity index (χ4v) is 1.98. The number of hydrogen-bond donors (Lipinski definition) is 1. The molecule has 1 heterocycles. The van der Waals surface area contributed by atoms with Gasteiger partial charge in [-0.25, -0.2) is 0 Å². The highest BCUT2D eigenvalue weighted by molar-refractivity contribution is 6.30. The first-order valence-corrected chi connectivity index (χ1v) is 5.32. The number of hydrogen-bond acceptors (Lipinski definition) is 2. The van der Waals surface area contributed by atoms with Gasteiger partial charge in [-0.2, -0.15) is 0 Å². The molecular formula is C11H14ClNO. The Morgan fingerprint density at radius 3 is 3.21 bits per heavy atom. The molecule has 1 aromatic carbocycles. The largest absolute Gasteiger partial charge is 0.492 e. The van der Waals surface area contributed by atoms with Crippen LogP contribution in [0.25, 0.3) is 0 Å². The summed E-state index contributed by atoms with van der Waals surface area (Å²) in [5, 5.41) is 4.16. The van der Waals surface area contributed by atoms with Gasteiger partial charge in [0.05, 0.1) is 0 Å². The van der Waals surface area contributed by atoms with Crippen LogP contribution in [0.3, 0.4) is 0 Å². The van der Waals surface area contributed by atoms with E-state index >= 15 is 0 Å². The normalized spacial score (nSPS) is 20.0. The summed E-state index contributed by atoms with van der Waals surface area (Å²) in [5.74, 6) is 0.976. The van der Waals surface area contributed by atoms with E-state index in [4.69, 9.17) is 16.3 Å². The van der Waals surface area contributed by atoms with Crippen molar-refractivity contribution in [3.63, 3.8) is 0 Å². The first kappa shape index (κ1) is 9.81. The maximum Gasteiger partial charge on any atom is 0.122 e. The molecule has 0 fully saturated rings. The quantitative estimate of drug-likeness (QED) is 0.811. The molecule has 0 radical (unpaired) electrons. The lowest BCUT2D eigenvalue weighted by Gasteiger charge is -2.25. The van der Waals surface area contributed by atoms with Gasteiger partial charge in [0, 0.05) is 11.1 Å². The zero-order valence-electron chi connectivity index (χ0n) is 8.22. The molecule has 0 amide bonds. The van der Waals surface area contributed by atoms with E-state index in [1.165, 1.54) is 5.56 Å². The molecule has 3 heteroatoms. The summed E-state index contributed by atoms with van der Waals surface area (Å²) < 4.78 is 5.62. The monoisotopic (exact) mass is 211 g/mol. The van der Waals surface area contributed by atoms with Crippen molar-refractivity contribution in [2.24, 2.45) is 0 Å². The third-order valence-corrected chi connectivity index (χ3v) is 2.66. The van der Waals surface area contributed by atoms with E-state index in [1.807, 2.05) is 18.2 Å². The van der Waals surface area contributed by atoms with Crippen LogP contribution >= 0.6 is 11.6 Å². The zero-order valence-corrected chi connectivity index (χ0v) is 8.97. The molecule has 1 aromatic rings. The smallest absolute Gasteiger partial charge is 0.122 e. The Hall–Kier alpha value is -0.730. The summed E-state index contributed by atoms with van der Waals surface area (Å²) in [6.07, 6.45) is 1.00. The highest BCUT2D eigenvalue weighted by Crippen LogP contribution is 2.27. The van der Waals surface area contributed by atoms with E-state index in [0.717, 1.165) is 30.3 Å². The topological polar surface area (TPSA) is 21.3 Å². The van der Waals surface area contributed by atoms with Gasteiger partial charge in [-0.05, 0) is 36.7 Å². The van der Waals surface area contributed by atoms with Crippen molar-refractivity contribution >= 4 is 11.6 Å². The average Bonchev–Trinajstić information content (AvgIpc) is 2.17. The molecule has 0 bridgehead atoms. The Morgan fingerprint density at radius 2 is 2.43 bits per heavy atom. The Kier molecular flexibility index (Phi) is 2.94. The third kappa shape index (κ3) is 2.02. The molecule has 0 saturated carbocycles. The van der Waals surface area contributed by atoms with E-state index in [1.54, 1.807) is 0 Å². The molecule has 0 aromatic heterocycles. The highest BCUT2D eigenvalue weighted by atomic mass is 35.5. The highest BCUT2D eigenvalue weighted by Gasteiger charge is 2.18. The Balaban J connectivity index is 2.16. The summed E-state index contributed by atoms with van der Waals surface area (Å²) in [4.78, 5) is 0. The van der Waals surface area contributed by atoms with E-state index in [9.17, 15) is 0 Å². The van der Waals surface area contributed by atoms with Gasteiger partial charge in [-0.3, -0.25) is 0 Å². The Morgan fingerprint density at radius 1 is 1.57 bits per heavy atom. The molecule has 14 heavy (non-hydrogen) atoms. The van der Waals surface area contributed by atoms with Gasteiger partial charge in [-0.1, -0.05) is 18.5 Å². The van der Waals surface area contributed by atoms with Gasteiger partial charge in [0.15, 0.2) is 0 Å². The summed E-state index contributed by atoms with van der Waals surface area (Å²) in [6, 6.07) is 6.22. The molecule has 2 nitrogen and oxygen atoms in total. The Labute approximate surface area is 89.2 Å². The van der Waals surface area contributed by atoms with Crippen LogP contribution in [-0.2, 0) is 6.42 Å². The van der Waals surface area contributed by atoms with Crippen molar-refractivity contribution in [1.29, 1.82) is 0 Å². The SMILES string of the molecule is CCNC1COc2ccc(Cl)cc2C1. The van der Waals surface area contributed by atoms with Crippen LogP contribution in [0.4, 0.5) is 0 Å². The summed E-state index contributed by atoms with van der Waals surface area (Å²) in [5.41, 5.74) is 1.20. The number of ether oxygens (including phenoxy) is 1. The van der Waals surface area contributed by atoms with Crippen LogP contribution in [0.15, 0.2) is 18.2 Å². The molecule has 1 aliphatic heterocycles. The van der Waals surface area contributed by atoms with Gasteiger partial charge < -0.3 is 10.1 Å². The number of halogens is 1. The molecule has 0 spiro atoms. The predicted octanol–water partition coefficient (Wildman–Crippen LogP) is 2.25. The van der Waals surface area contributed by atoms with Crippen molar-refractivity contribution in [3.8, 4) is 5.75 Å². The maximum absolute atomic E-state index is 5.93. The third-order valence-electron chi connectivity index (χ3n) is 2.42. The van der Waals surface area contributed by atoms with Crippen molar-refractivity contribution in [1.82, 2.24) is 5.32 Å². The summed E-state index contributed by atoms with van der Waals surface area (Å²) >= 11 is 5.93. The first-order chi connectivity index (χ1) is 6.79. The molecule has 1 atom stereocenters. The molecule has 76 valence electrons. The van der Waals surface area contributed by atoms with Gasteiger partial charge in [-0.15, -0.1) is 0 Å². The number of rotatable bonds is 2. The minimum absolute atomic E-state index is 0.422. The molecule has 0 saturated heterocycles. The second-order valence-corrected chi connectivity index (χ2v) is 3.96. The van der Waals surface area contributed by atoms with Crippen molar-refractivity contribution in [2.45, 2.75) is 19.4 Å². The summed E-state index contributed by atoms with van der Waals surface area (Å²) in [6.45, 7) is 3.83. The predicted molar refractivity (Wildman–Crippen MR) is 58.1 cm³/mol. The van der Waals surface area contributed by atoms with Crippen LogP contribution in [0, 0.1) is 0 Å². The van der Waals surface area contributed by atoms with Crippen molar-refractivity contribution < 1.29 is 4.74 Å². The summed E-state index contributed by atoms with van der Waals surface area (Å²) in [7, 11) is 0. The minimum Gasteiger partial charge on any atom is -0.492 e. The molecule has 2 rings (SSSR count). The number of benzene rings is 1. The van der Waals surface area contributed by atoms with Crippen molar-refractivity contribution in [2.75, 3.05) is 13.2 Å². The van der Waals surface area contributed by atoms with Crippen LogP contribution in [0.1, 0.15) is 12.5 Å². The number of fused-ring (bicyclic) bond motifs is 1. The minimum atomic E-state index is 0.422. The average molecular weight is 212 g/mol. The van der Waals surface area contributed by atoms with Gasteiger partial charge in [0.1, 0.15) is 12.4 Å². The van der Waals surface area contributed by atoms with E-state index in [2.05, 4.69) is 12.2 Å². The molecule has 0 aliphatic carbocycles. The van der Waals surface area contributed by atoms with Gasteiger partial charge >= 0.3 is 0 Å². The molecule has 1 unspecified atom stereocenters. The van der Waals surface area contributed by atoms with Crippen LogP contribution in [0.2, 0.25) is 5.02 Å².